The van der Waals surface area contributed by atoms with Gasteiger partial charge in [-0.3, -0.25) is 14.4 Å². The molecule has 0 bridgehead atoms. The molecule has 0 aliphatic carbocycles. The smallest absolute Gasteiger partial charge is 0.251 e. The zero-order valence-electron chi connectivity index (χ0n) is 11.5. The lowest BCUT2D eigenvalue weighted by Crippen LogP contribution is -2.26. The first-order valence-electron chi connectivity index (χ1n) is 6.32. The summed E-state index contributed by atoms with van der Waals surface area (Å²) < 4.78 is 1.34. The second-order valence-electron chi connectivity index (χ2n) is 4.66. The SMILES string of the molecule is Cc1ccc(=O)n(CC(=O)Nc2ccc(C(N)=O)cc2)c1. The highest BCUT2D eigenvalue weighted by molar-refractivity contribution is 5.94. The second-order valence-corrected chi connectivity index (χ2v) is 4.66. The fourth-order valence-electron chi connectivity index (χ4n) is 1.85. The topological polar surface area (TPSA) is 94.2 Å². The third-order valence-corrected chi connectivity index (χ3v) is 2.90. The number of benzene rings is 1. The van der Waals surface area contributed by atoms with Crippen molar-refractivity contribution in [1.82, 2.24) is 4.57 Å². The van der Waals surface area contributed by atoms with Gasteiger partial charge in [0.1, 0.15) is 6.54 Å². The number of nitrogens with zero attached hydrogens (tertiary/aromatic N) is 1. The number of hydrogen-bond donors (Lipinski definition) is 2. The van der Waals surface area contributed by atoms with Crippen LogP contribution in [0.1, 0.15) is 15.9 Å². The van der Waals surface area contributed by atoms with E-state index in [1.807, 2.05) is 6.92 Å². The van der Waals surface area contributed by atoms with Crippen molar-refractivity contribution in [1.29, 1.82) is 0 Å². The maximum absolute atomic E-state index is 11.9. The Kier molecular flexibility index (Phi) is 4.18. The number of nitrogens with one attached hydrogen (secondary N) is 1. The molecule has 0 unspecified atom stereocenters. The number of rotatable bonds is 4. The Hall–Kier alpha value is -2.89. The molecule has 1 heterocycles. The molecule has 1 aromatic carbocycles. The third kappa shape index (κ3) is 3.79. The molecular weight excluding hydrogens is 270 g/mol. The van der Waals surface area contributed by atoms with Crippen LogP contribution in [-0.4, -0.2) is 16.4 Å². The minimum absolute atomic E-state index is 0.0713. The summed E-state index contributed by atoms with van der Waals surface area (Å²) in [7, 11) is 0. The monoisotopic (exact) mass is 285 g/mol. The average molecular weight is 285 g/mol. The van der Waals surface area contributed by atoms with Gasteiger partial charge in [0.25, 0.3) is 5.56 Å². The van der Waals surface area contributed by atoms with Crippen LogP contribution in [0.25, 0.3) is 0 Å². The Morgan fingerprint density at radius 1 is 1.14 bits per heavy atom. The Labute approximate surface area is 121 Å². The highest BCUT2D eigenvalue weighted by Crippen LogP contribution is 2.09. The van der Waals surface area contributed by atoms with Crippen molar-refractivity contribution >= 4 is 17.5 Å². The molecule has 0 spiro atoms. The number of amides is 2. The summed E-state index contributed by atoms with van der Waals surface area (Å²) in [4.78, 5) is 34.5. The zero-order valence-corrected chi connectivity index (χ0v) is 11.5. The van der Waals surface area contributed by atoms with Gasteiger partial charge < -0.3 is 15.6 Å². The van der Waals surface area contributed by atoms with Crippen LogP contribution in [0.5, 0.6) is 0 Å². The highest BCUT2D eigenvalue weighted by atomic mass is 16.2. The first-order chi connectivity index (χ1) is 9.95. The summed E-state index contributed by atoms with van der Waals surface area (Å²) in [6.45, 7) is 1.77. The van der Waals surface area contributed by atoms with E-state index in [0.717, 1.165) is 5.56 Å². The standard InChI is InChI=1S/C15H15N3O3/c1-10-2-7-14(20)18(8-10)9-13(19)17-12-5-3-11(4-6-12)15(16)21/h2-8H,9H2,1H3,(H2,16,21)(H,17,19). The molecule has 0 aliphatic rings. The fourth-order valence-corrected chi connectivity index (χ4v) is 1.85. The molecule has 108 valence electrons. The quantitative estimate of drug-likeness (QED) is 0.873. The van der Waals surface area contributed by atoms with Crippen molar-refractivity contribution < 1.29 is 9.59 Å². The molecule has 1 aromatic heterocycles. The highest BCUT2D eigenvalue weighted by Gasteiger charge is 2.06. The van der Waals surface area contributed by atoms with Crippen molar-refractivity contribution in [3.8, 4) is 0 Å². The summed E-state index contributed by atoms with van der Waals surface area (Å²) in [5.41, 5.74) is 6.69. The Morgan fingerprint density at radius 3 is 2.43 bits per heavy atom. The van der Waals surface area contributed by atoms with Crippen molar-refractivity contribution in [2.45, 2.75) is 13.5 Å². The van der Waals surface area contributed by atoms with Gasteiger partial charge in [-0.15, -0.1) is 0 Å². The molecule has 0 aliphatic heterocycles. The van der Waals surface area contributed by atoms with E-state index in [-0.39, 0.29) is 18.0 Å². The summed E-state index contributed by atoms with van der Waals surface area (Å²) in [5, 5.41) is 2.65. The number of primary amides is 1. The molecule has 21 heavy (non-hydrogen) atoms. The van der Waals surface area contributed by atoms with Gasteiger partial charge in [-0.25, -0.2) is 0 Å². The third-order valence-electron chi connectivity index (χ3n) is 2.90. The Morgan fingerprint density at radius 2 is 1.81 bits per heavy atom. The van der Waals surface area contributed by atoms with Crippen LogP contribution in [0, 0.1) is 6.92 Å². The molecule has 0 saturated heterocycles. The van der Waals surface area contributed by atoms with Crippen LogP contribution >= 0.6 is 0 Å². The summed E-state index contributed by atoms with van der Waals surface area (Å²) >= 11 is 0. The van der Waals surface area contributed by atoms with Crippen molar-refractivity contribution in [2.24, 2.45) is 5.73 Å². The van der Waals surface area contributed by atoms with Crippen LogP contribution in [0.15, 0.2) is 47.4 Å². The molecule has 0 fully saturated rings. The summed E-state index contributed by atoms with van der Waals surface area (Å²) in [6.07, 6.45) is 1.62. The van der Waals surface area contributed by atoms with Gasteiger partial charge in [0.2, 0.25) is 11.8 Å². The second kappa shape index (κ2) is 6.04. The zero-order chi connectivity index (χ0) is 15.4. The number of carbonyl (C=O) groups excluding carboxylic acids is 2. The average Bonchev–Trinajstić information content (AvgIpc) is 2.43. The minimum Gasteiger partial charge on any atom is -0.366 e. The maximum Gasteiger partial charge on any atom is 0.251 e. The number of anilines is 1. The van der Waals surface area contributed by atoms with Gasteiger partial charge in [0.15, 0.2) is 0 Å². The first kappa shape index (κ1) is 14.5. The van der Waals surface area contributed by atoms with E-state index in [9.17, 15) is 14.4 Å². The Balaban J connectivity index is 2.06. The number of aromatic nitrogens is 1. The van der Waals surface area contributed by atoms with Crippen molar-refractivity contribution in [3.63, 3.8) is 0 Å². The molecule has 2 amide bonds. The van der Waals surface area contributed by atoms with Gasteiger partial charge in [0.05, 0.1) is 0 Å². The molecule has 6 nitrogen and oxygen atoms in total. The van der Waals surface area contributed by atoms with Crippen LogP contribution in [0.4, 0.5) is 5.69 Å². The molecular formula is C15H15N3O3. The molecule has 6 heteroatoms. The van der Waals surface area contributed by atoms with Gasteiger partial charge in [-0.05, 0) is 36.8 Å². The van der Waals surface area contributed by atoms with E-state index in [4.69, 9.17) is 5.73 Å². The van der Waals surface area contributed by atoms with E-state index in [0.29, 0.717) is 11.3 Å². The molecule has 3 N–H and O–H groups in total. The van der Waals surface area contributed by atoms with Gasteiger partial charge in [0, 0.05) is 23.5 Å². The van der Waals surface area contributed by atoms with Crippen molar-refractivity contribution in [2.75, 3.05) is 5.32 Å². The lowest BCUT2D eigenvalue weighted by molar-refractivity contribution is -0.116. The van der Waals surface area contributed by atoms with Gasteiger partial charge >= 0.3 is 0 Å². The summed E-state index contributed by atoms with van der Waals surface area (Å²) in [6, 6.07) is 9.32. The molecule has 2 rings (SSSR count). The normalized spacial score (nSPS) is 10.1. The van der Waals surface area contributed by atoms with Gasteiger partial charge in [-0.2, -0.15) is 0 Å². The maximum atomic E-state index is 11.9. The lowest BCUT2D eigenvalue weighted by atomic mass is 10.2. The number of pyridine rings is 1. The molecule has 0 atom stereocenters. The first-order valence-corrected chi connectivity index (χ1v) is 6.32. The summed E-state index contributed by atoms with van der Waals surface area (Å²) in [5.74, 6) is -0.853. The largest absolute Gasteiger partial charge is 0.366 e. The van der Waals surface area contributed by atoms with Crippen LogP contribution in [0.2, 0.25) is 0 Å². The van der Waals surface area contributed by atoms with Crippen LogP contribution in [0.3, 0.4) is 0 Å². The predicted molar refractivity (Wildman–Crippen MR) is 79.0 cm³/mol. The number of carbonyl (C=O) groups is 2. The van der Waals surface area contributed by atoms with Gasteiger partial charge in [-0.1, -0.05) is 6.07 Å². The van der Waals surface area contributed by atoms with E-state index in [1.54, 1.807) is 24.4 Å². The number of aryl methyl sites for hydroxylation is 1. The molecule has 0 radical (unpaired) electrons. The van der Waals surface area contributed by atoms with Crippen LogP contribution < -0.4 is 16.6 Å². The fraction of sp³-hybridized carbons (Fsp3) is 0.133. The van der Waals surface area contributed by atoms with Crippen molar-refractivity contribution in [3.05, 3.63) is 64.1 Å². The lowest BCUT2D eigenvalue weighted by Gasteiger charge is -2.08. The van der Waals surface area contributed by atoms with Crippen LogP contribution in [-0.2, 0) is 11.3 Å². The number of nitrogens with two attached hydrogens (primary N) is 1. The predicted octanol–water partition coefficient (Wildman–Crippen LogP) is 0.894. The van der Waals surface area contributed by atoms with E-state index in [2.05, 4.69) is 5.32 Å². The molecule has 0 saturated carbocycles. The Bertz CT molecular complexity index is 733. The minimum atomic E-state index is -0.529. The van der Waals surface area contributed by atoms with E-state index < -0.39 is 5.91 Å². The molecule has 2 aromatic rings. The van der Waals surface area contributed by atoms with E-state index >= 15 is 0 Å². The number of hydrogen-bond acceptors (Lipinski definition) is 3. The van der Waals surface area contributed by atoms with E-state index in [1.165, 1.54) is 22.8 Å².